The minimum atomic E-state index is 0.195. The maximum atomic E-state index is 10.4. The summed E-state index contributed by atoms with van der Waals surface area (Å²) < 4.78 is 5.14. The number of hydrogen-bond donors (Lipinski definition) is 1. The van der Waals surface area contributed by atoms with Crippen LogP contribution in [0.4, 0.5) is 0 Å². The molecule has 1 aliphatic carbocycles. The number of nitrogens with zero attached hydrogens (tertiary/aromatic N) is 1. The number of hydrogen-bond acceptors (Lipinski definition) is 4. The molecule has 0 amide bonds. The van der Waals surface area contributed by atoms with E-state index in [0.29, 0.717) is 11.9 Å². The lowest BCUT2D eigenvalue weighted by molar-refractivity contribution is -0.136. The molecule has 0 aromatic heterocycles. The monoisotopic (exact) mass is 294 g/mol. The van der Waals surface area contributed by atoms with Crippen LogP contribution in [0.25, 0.3) is 0 Å². The average molecular weight is 294 g/mol. The quantitative estimate of drug-likeness (QED) is 0.807. The van der Waals surface area contributed by atoms with Crippen molar-refractivity contribution in [3.05, 3.63) is 0 Å². The predicted molar refractivity (Wildman–Crippen MR) is 83.1 cm³/mol. The molecule has 2 heterocycles. The normalized spacial score (nSPS) is 28.6. The Bertz CT molecular complexity index is 324. The van der Waals surface area contributed by atoms with Gasteiger partial charge < -0.3 is 15.0 Å². The molecule has 120 valence electrons. The van der Waals surface area contributed by atoms with Gasteiger partial charge in [-0.1, -0.05) is 0 Å². The summed E-state index contributed by atoms with van der Waals surface area (Å²) in [6.07, 6.45) is 10.3. The first kappa shape index (κ1) is 15.3. The van der Waals surface area contributed by atoms with Crippen molar-refractivity contribution in [1.82, 2.24) is 10.2 Å². The van der Waals surface area contributed by atoms with E-state index >= 15 is 0 Å². The zero-order valence-corrected chi connectivity index (χ0v) is 13.2. The summed E-state index contributed by atoms with van der Waals surface area (Å²) in [4.78, 5) is 13.1. The maximum Gasteiger partial charge on any atom is 0.293 e. The Labute approximate surface area is 128 Å². The highest BCUT2D eigenvalue weighted by atomic mass is 16.5. The first-order valence-electron chi connectivity index (χ1n) is 8.82. The van der Waals surface area contributed by atoms with E-state index in [4.69, 9.17) is 4.74 Å². The molecule has 3 rings (SSSR count). The minimum absolute atomic E-state index is 0.195. The topological polar surface area (TPSA) is 41.6 Å². The van der Waals surface area contributed by atoms with Crippen molar-refractivity contribution in [2.24, 2.45) is 11.3 Å². The third kappa shape index (κ3) is 3.98. The van der Waals surface area contributed by atoms with Gasteiger partial charge in [0.1, 0.15) is 6.10 Å². The number of nitrogens with one attached hydrogen (secondary N) is 1. The van der Waals surface area contributed by atoms with Crippen LogP contribution in [0.1, 0.15) is 51.4 Å². The molecule has 1 spiro atoms. The van der Waals surface area contributed by atoms with Gasteiger partial charge in [0.05, 0.1) is 0 Å². The maximum absolute atomic E-state index is 10.4. The Morgan fingerprint density at radius 2 is 1.71 bits per heavy atom. The smallest absolute Gasteiger partial charge is 0.293 e. The number of carbonyl (C=O) groups excluding carboxylic acids is 1. The molecular formula is C17H30N2O2. The van der Waals surface area contributed by atoms with Gasteiger partial charge >= 0.3 is 0 Å². The van der Waals surface area contributed by atoms with Crippen LogP contribution >= 0.6 is 0 Å². The Morgan fingerprint density at radius 1 is 1.05 bits per heavy atom. The lowest BCUT2D eigenvalue weighted by atomic mass is 9.67. The first-order valence-corrected chi connectivity index (χ1v) is 8.82. The minimum Gasteiger partial charge on any atom is -0.465 e. The van der Waals surface area contributed by atoms with Gasteiger partial charge in [-0.2, -0.15) is 0 Å². The standard InChI is InChI=1S/C17H30N2O2/c20-14-21-16-1-5-17(6-2-16)7-11-19(12-8-17)13-15-3-9-18-10-4-15/h14-16,18H,1-13H2. The molecule has 1 N–H and O–H groups in total. The lowest BCUT2D eigenvalue weighted by Crippen LogP contribution is -2.45. The summed E-state index contributed by atoms with van der Waals surface area (Å²) in [5.41, 5.74) is 0.563. The second kappa shape index (κ2) is 7.10. The molecule has 4 nitrogen and oxygen atoms in total. The van der Waals surface area contributed by atoms with Crippen molar-refractivity contribution in [2.75, 3.05) is 32.7 Å². The number of piperidine rings is 2. The third-order valence-corrected chi connectivity index (χ3v) is 6.13. The fraction of sp³-hybridized carbons (Fsp3) is 0.941. The van der Waals surface area contributed by atoms with Crippen molar-refractivity contribution in [2.45, 2.75) is 57.5 Å². The number of carbonyl (C=O) groups is 1. The lowest BCUT2D eigenvalue weighted by Gasteiger charge is -2.46. The molecule has 2 aliphatic heterocycles. The second-order valence-electron chi connectivity index (χ2n) is 7.43. The van der Waals surface area contributed by atoms with Gasteiger partial charge in [-0.25, -0.2) is 0 Å². The highest BCUT2D eigenvalue weighted by Crippen LogP contribution is 2.45. The zero-order chi connectivity index (χ0) is 14.5. The highest BCUT2D eigenvalue weighted by Gasteiger charge is 2.38. The van der Waals surface area contributed by atoms with E-state index in [1.807, 2.05) is 0 Å². The van der Waals surface area contributed by atoms with Crippen LogP contribution in [0.15, 0.2) is 0 Å². The van der Waals surface area contributed by atoms with Gasteiger partial charge in [0.15, 0.2) is 0 Å². The average Bonchev–Trinajstić information content (AvgIpc) is 2.54. The van der Waals surface area contributed by atoms with Crippen LogP contribution in [0.5, 0.6) is 0 Å². The van der Waals surface area contributed by atoms with Crippen LogP contribution in [0.2, 0.25) is 0 Å². The van der Waals surface area contributed by atoms with Crippen LogP contribution < -0.4 is 5.32 Å². The number of rotatable bonds is 4. The summed E-state index contributed by atoms with van der Waals surface area (Å²) in [5, 5.41) is 3.46. The van der Waals surface area contributed by atoms with Crippen LogP contribution in [0, 0.1) is 11.3 Å². The summed E-state index contributed by atoms with van der Waals surface area (Å²) in [7, 11) is 0. The largest absolute Gasteiger partial charge is 0.465 e. The van der Waals surface area contributed by atoms with Gasteiger partial charge in [0, 0.05) is 6.54 Å². The molecule has 2 saturated heterocycles. The highest BCUT2D eigenvalue weighted by molar-refractivity contribution is 5.37. The van der Waals surface area contributed by atoms with E-state index in [0.717, 1.165) is 18.8 Å². The molecule has 0 aromatic rings. The molecule has 0 aromatic carbocycles. The van der Waals surface area contributed by atoms with Crippen LogP contribution in [-0.4, -0.2) is 50.2 Å². The summed E-state index contributed by atoms with van der Waals surface area (Å²) in [6, 6.07) is 0. The molecule has 0 unspecified atom stereocenters. The Balaban J connectivity index is 1.41. The van der Waals surface area contributed by atoms with Crippen molar-refractivity contribution in [3.63, 3.8) is 0 Å². The van der Waals surface area contributed by atoms with Crippen molar-refractivity contribution >= 4 is 6.47 Å². The van der Waals surface area contributed by atoms with Crippen LogP contribution in [-0.2, 0) is 9.53 Å². The van der Waals surface area contributed by atoms with Gasteiger partial charge in [-0.15, -0.1) is 0 Å². The SMILES string of the molecule is O=COC1CCC2(CC1)CCN(CC1CCNCC1)CC2. The van der Waals surface area contributed by atoms with Crippen molar-refractivity contribution < 1.29 is 9.53 Å². The summed E-state index contributed by atoms with van der Waals surface area (Å²) >= 11 is 0. The van der Waals surface area contributed by atoms with Crippen molar-refractivity contribution in [3.8, 4) is 0 Å². The molecule has 21 heavy (non-hydrogen) atoms. The Morgan fingerprint density at radius 3 is 2.33 bits per heavy atom. The molecule has 3 aliphatic rings. The van der Waals surface area contributed by atoms with Gasteiger partial charge in [0.25, 0.3) is 6.47 Å². The molecular weight excluding hydrogens is 264 g/mol. The first-order chi connectivity index (χ1) is 10.3. The van der Waals surface area contributed by atoms with E-state index in [2.05, 4.69) is 10.2 Å². The van der Waals surface area contributed by atoms with E-state index in [-0.39, 0.29) is 6.10 Å². The molecule has 0 atom stereocenters. The molecule has 0 radical (unpaired) electrons. The Kier molecular flexibility index (Phi) is 5.17. The second-order valence-corrected chi connectivity index (χ2v) is 7.43. The summed E-state index contributed by atoms with van der Waals surface area (Å²) in [5.74, 6) is 0.914. The molecule has 4 heteroatoms. The van der Waals surface area contributed by atoms with Gasteiger partial charge in [0.2, 0.25) is 0 Å². The third-order valence-electron chi connectivity index (χ3n) is 6.13. The van der Waals surface area contributed by atoms with E-state index in [1.165, 1.54) is 71.2 Å². The van der Waals surface area contributed by atoms with Crippen molar-refractivity contribution in [1.29, 1.82) is 0 Å². The molecule has 3 fully saturated rings. The molecule has 1 saturated carbocycles. The predicted octanol–water partition coefficient (Wildman–Crippen LogP) is 2.18. The van der Waals surface area contributed by atoms with E-state index in [9.17, 15) is 4.79 Å². The number of ether oxygens (including phenoxy) is 1. The number of likely N-dealkylation sites (tertiary alicyclic amines) is 1. The van der Waals surface area contributed by atoms with E-state index < -0.39 is 0 Å². The van der Waals surface area contributed by atoms with Gasteiger partial charge in [-0.3, -0.25) is 4.79 Å². The zero-order valence-electron chi connectivity index (χ0n) is 13.2. The van der Waals surface area contributed by atoms with Gasteiger partial charge in [-0.05, 0) is 88.9 Å². The Hall–Kier alpha value is -0.610. The van der Waals surface area contributed by atoms with Crippen LogP contribution in [0.3, 0.4) is 0 Å². The van der Waals surface area contributed by atoms with E-state index in [1.54, 1.807) is 0 Å². The molecule has 0 bridgehead atoms. The summed E-state index contributed by atoms with van der Waals surface area (Å²) in [6.45, 7) is 6.92. The fourth-order valence-electron chi connectivity index (χ4n) is 4.56. The fourth-order valence-corrected chi connectivity index (χ4v) is 4.56.